The Morgan fingerprint density at radius 1 is 1.19 bits per heavy atom. The van der Waals surface area contributed by atoms with Gasteiger partial charge in [0.1, 0.15) is 0 Å². The standard InChI is InChI=1S/C14H23NO5S/c1-10(2)15(6-7-16)21(17,18)14-9-13(20-5)12(19-4)8-11(14)3/h8-10,16H,6-7H2,1-5H3. The van der Waals surface area contributed by atoms with Crippen LogP contribution in [0.3, 0.4) is 0 Å². The third-order valence-electron chi connectivity index (χ3n) is 3.16. The molecule has 0 aliphatic heterocycles. The van der Waals surface area contributed by atoms with Crippen LogP contribution in [0.1, 0.15) is 19.4 Å². The van der Waals surface area contributed by atoms with E-state index in [-0.39, 0.29) is 24.1 Å². The van der Waals surface area contributed by atoms with E-state index in [2.05, 4.69) is 0 Å². The molecule has 1 rings (SSSR count). The average Bonchev–Trinajstić information content (AvgIpc) is 2.43. The molecule has 0 amide bonds. The van der Waals surface area contributed by atoms with Gasteiger partial charge < -0.3 is 14.6 Å². The number of methoxy groups -OCH3 is 2. The topological polar surface area (TPSA) is 76.1 Å². The Hall–Kier alpha value is -1.31. The number of benzene rings is 1. The van der Waals surface area contributed by atoms with Crippen LogP contribution in [0, 0.1) is 6.92 Å². The van der Waals surface area contributed by atoms with Crippen molar-refractivity contribution in [2.24, 2.45) is 0 Å². The van der Waals surface area contributed by atoms with Gasteiger partial charge in [-0.1, -0.05) is 0 Å². The molecule has 0 aliphatic rings. The van der Waals surface area contributed by atoms with E-state index in [4.69, 9.17) is 14.6 Å². The zero-order valence-corrected chi connectivity index (χ0v) is 13.9. The largest absolute Gasteiger partial charge is 0.493 e. The van der Waals surface area contributed by atoms with Crippen molar-refractivity contribution in [3.05, 3.63) is 17.7 Å². The third-order valence-corrected chi connectivity index (χ3v) is 5.38. The molecule has 0 bridgehead atoms. The molecule has 0 aliphatic carbocycles. The first kappa shape index (κ1) is 17.7. The second kappa shape index (κ2) is 7.11. The Kier molecular flexibility index (Phi) is 6.00. The summed E-state index contributed by atoms with van der Waals surface area (Å²) < 4.78 is 37.1. The Bertz CT molecular complexity index is 583. The van der Waals surface area contributed by atoms with Crippen molar-refractivity contribution < 1.29 is 23.0 Å². The molecule has 0 radical (unpaired) electrons. The van der Waals surface area contributed by atoms with Crippen LogP contribution >= 0.6 is 0 Å². The number of sulfonamides is 1. The Morgan fingerprint density at radius 3 is 2.14 bits per heavy atom. The van der Waals surface area contributed by atoms with Gasteiger partial charge >= 0.3 is 0 Å². The van der Waals surface area contributed by atoms with E-state index in [0.29, 0.717) is 17.1 Å². The maximum Gasteiger partial charge on any atom is 0.243 e. The SMILES string of the molecule is COc1cc(C)c(S(=O)(=O)N(CCO)C(C)C)cc1OC. The minimum Gasteiger partial charge on any atom is -0.493 e. The lowest BCUT2D eigenvalue weighted by atomic mass is 10.2. The van der Waals surface area contributed by atoms with Crippen LogP contribution in [0.4, 0.5) is 0 Å². The lowest BCUT2D eigenvalue weighted by molar-refractivity contribution is 0.236. The molecule has 0 unspecified atom stereocenters. The van der Waals surface area contributed by atoms with Crippen molar-refractivity contribution in [3.8, 4) is 11.5 Å². The summed E-state index contributed by atoms with van der Waals surface area (Å²) in [5, 5.41) is 9.10. The third kappa shape index (κ3) is 3.66. The van der Waals surface area contributed by atoms with Gasteiger partial charge in [0, 0.05) is 18.7 Å². The van der Waals surface area contributed by atoms with Gasteiger partial charge in [-0.25, -0.2) is 8.42 Å². The first-order valence-electron chi connectivity index (χ1n) is 6.64. The normalized spacial score (nSPS) is 12.0. The molecule has 7 heteroatoms. The summed E-state index contributed by atoms with van der Waals surface area (Å²) >= 11 is 0. The number of rotatable bonds is 7. The highest BCUT2D eigenvalue weighted by atomic mass is 32.2. The predicted octanol–water partition coefficient (Wildman–Crippen LogP) is 1.40. The van der Waals surface area contributed by atoms with Gasteiger partial charge in [-0.15, -0.1) is 0 Å². The van der Waals surface area contributed by atoms with Crippen LogP contribution in [-0.4, -0.2) is 51.2 Å². The number of aliphatic hydroxyl groups excluding tert-OH is 1. The molecule has 21 heavy (non-hydrogen) atoms. The molecular weight excluding hydrogens is 294 g/mol. The lowest BCUT2D eigenvalue weighted by Gasteiger charge is -2.26. The smallest absolute Gasteiger partial charge is 0.243 e. The minimum absolute atomic E-state index is 0.0494. The number of aliphatic hydroxyl groups is 1. The summed E-state index contributed by atoms with van der Waals surface area (Å²) in [4.78, 5) is 0.155. The van der Waals surface area contributed by atoms with E-state index in [1.54, 1.807) is 26.8 Å². The van der Waals surface area contributed by atoms with Crippen LogP contribution < -0.4 is 9.47 Å². The quantitative estimate of drug-likeness (QED) is 0.823. The van der Waals surface area contributed by atoms with E-state index in [0.717, 1.165) is 0 Å². The molecule has 0 heterocycles. The number of hydrogen-bond donors (Lipinski definition) is 1. The molecule has 0 aromatic heterocycles. The predicted molar refractivity (Wildman–Crippen MR) is 80.4 cm³/mol. The van der Waals surface area contributed by atoms with Gasteiger partial charge in [-0.3, -0.25) is 0 Å². The summed E-state index contributed by atoms with van der Waals surface area (Å²) in [6, 6.07) is 2.83. The molecule has 1 N–H and O–H groups in total. The molecule has 0 fully saturated rings. The maximum atomic E-state index is 12.8. The maximum absolute atomic E-state index is 12.8. The Morgan fingerprint density at radius 2 is 1.71 bits per heavy atom. The summed E-state index contributed by atoms with van der Waals surface area (Å²) in [5.74, 6) is 0.835. The van der Waals surface area contributed by atoms with Crippen LogP contribution in [0.25, 0.3) is 0 Å². The van der Waals surface area contributed by atoms with E-state index < -0.39 is 10.0 Å². The van der Waals surface area contributed by atoms with E-state index in [9.17, 15) is 8.42 Å². The van der Waals surface area contributed by atoms with Gasteiger partial charge in [0.15, 0.2) is 11.5 Å². The number of aryl methyl sites for hydroxylation is 1. The summed E-state index contributed by atoms with van der Waals surface area (Å²) in [5.41, 5.74) is 0.566. The number of hydrogen-bond acceptors (Lipinski definition) is 5. The van der Waals surface area contributed by atoms with Crippen molar-refractivity contribution >= 4 is 10.0 Å². The Balaban J connectivity index is 3.43. The highest BCUT2D eigenvalue weighted by Crippen LogP contribution is 2.33. The summed E-state index contributed by atoms with van der Waals surface area (Å²) in [7, 11) is -0.759. The second-order valence-electron chi connectivity index (χ2n) is 4.91. The van der Waals surface area contributed by atoms with Crippen molar-refractivity contribution in [1.82, 2.24) is 4.31 Å². The molecule has 0 spiro atoms. The van der Waals surface area contributed by atoms with Crippen molar-refractivity contribution in [3.63, 3.8) is 0 Å². The van der Waals surface area contributed by atoms with Crippen LogP contribution in [0.2, 0.25) is 0 Å². The van der Waals surface area contributed by atoms with Crippen LogP contribution in [0.5, 0.6) is 11.5 Å². The number of ether oxygens (including phenoxy) is 2. The zero-order chi connectivity index (χ0) is 16.2. The first-order valence-corrected chi connectivity index (χ1v) is 8.08. The molecule has 0 saturated heterocycles. The highest BCUT2D eigenvalue weighted by Gasteiger charge is 2.29. The average molecular weight is 317 g/mol. The zero-order valence-electron chi connectivity index (χ0n) is 13.1. The second-order valence-corrected chi connectivity index (χ2v) is 6.76. The molecular formula is C14H23NO5S. The summed E-state index contributed by atoms with van der Waals surface area (Å²) in [6.45, 7) is 5.05. The van der Waals surface area contributed by atoms with Gasteiger partial charge in [0.05, 0.1) is 25.7 Å². The highest BCUT2D eigenvalue weighted by molar-refractivity contribution is 7.89. The van der Waals surface area contributed by atoms with E-state index >= 15 is 0 Å². The molecule has 0 atom stereocenters. The lowest BCUT2D eigenvalue weighted by Crippen LogP contribution is -2.39. The Labute approximate surface area is 126 Å². The van der Waals surface area contributed by atoms with Gasteiger partial charge in [0.25, 0.3) is 0 Å². The van der Waals surface area contributed by atoms with Crippen molar-refractivity contribution in [2.75, 3.05) is 27.4 Å². The van der Waals surface area contributed by atoms with E-state index in [1.807, 2.05) is 0 Å². The van der Waals surface area contributed by atoms with Gasteiger partial charge in [-0.2, -0.15) is 4.31 Å². The van der Waals surface area contributed by atoms with Crippen molar-refractivity contribution in [1.29, 1.82) is 0 Å². The minimum atomic E-state index is -3.71. The first-order chi connectivity index (χ1) is 9.79. The fourth-order valence-electron chi connectivity index (χ4n) is 2.12. The van der Waals surface area contributed by atoms with E-state index in [1.165, 1.54) is 24.6 Å². The molecule has 0 saturated carbocycles. The molecule has 1 aromatic carbocycles. The van der Waals surface area contributed by atoms with Gasteiger partial charge in [0.2, 0.25) is 10.0 Å². The molecule has 1 aromatic rings. The fraction of sp³-hybridized carbons (Fsp3) is 0.571. The monoisotopic (exact) mass is 317 g/mol. The summed E-state index contributed by atoms with van der Waals surface area (Å²) in [6.07, 6.45) is 0. The van der Waals surface area contributed by atoms with Crippen molar-refractivity contribution in [2.45, 2.75) is 31.7 Å². The van der Waals surface area contributed by atoms with Crippen LogP contribution in [-0.2, 0) is 10.0 Å². The van der Waals surface area contributed by atoms with Crippen LogP contribution in [0.15, 0.2) is 17.0 Å². The number of nitrogens with zero attached hydrogens (tertiary/aromatic N) is 1. The van der Waals surface area contributed by atoms with Gasteiger partial charge in [-0.05, 0) is 32.4 Å². The molecule has 6 nitrogen and oxygen atoms in total. The fourth-order valence-corrected chi connectivity index (χ4v) is 3.97. The molecule has 120 valence electrons.